The summed E-state index contributed by atoms with van der Waals surface area (Å²) in [7, 11) is 0. The number of ether oxygens (including phenoxy) is 1. The molecule has 1 amide bonds. The van der Waals surface area contributed by atoms with Crippen LogP contribution in [0, 0.1) is 18.3 Å². The monoisotopic (exact) mass is 320 g/mol. The number of rotatable bonds is 2. The molecule has 1 aliphatic heterocycles. The van der Waals surface area contributed by atoms with Crippen molar-refractivity contribution in [3.05, 3.63) is 64.7 Å². The van der Waals surface area contributed by atoms with Crippen molar-refractivity contribution < 1.29 is 14.3 Å². The number of nitrogens with one attached hydrogen (secondary N) is 1. The molecule has 0 aliphatic carbocycles. The van der Waals surface area contributed by atoms with E-state index in [-0.39, 0.29) is 6.42 Å². The average Bonchev–Trinajstić information content (AvgIpc) is 2.54. The lowest BCUT2D eigenvalue weighted by Gasteiger charge is -2.33. The molecule has 1 heterocycles. The number of amides is 1. The lowest BCUT2D eigenvalue weighted by molar-refractivity contribution is -0.134. The number of carbonyl (C=O) groups is 2. The van der Waals surface area contributed by atoms with Crippen molar-refractivity contribution in [1.29, 1.82) is 5.26 Å². The summed E-state index contributed by atoms with van der Waals surface area (Å²) in [6, 6.07) is 14.2. The van der Waals surface area contributed by atoms with Crippen molar-refractivity contribution in [1.82, 2.24) is 0 Å². The van der Waals surface area contributed by atoms with E-state index < -0.39 is 17.5 Å². The molecule has 120 valence electrons. The van der Waals surface area contributed by atoms with Gasteiger partial charge in [0.15, 0.2) is 5.60 Å². The van der Waals surface area contributed by atoms with E-state index in [1.165, 1.54) is 0 Å². The number of esters is 1. The molecule has 2 aromatic carbocycles. The molecule has 2 aromatic rings. The van der Waals surface area contributed by atoms with Crippen LogP contribution in [0.15, 0.2) is 42.5 Å². The molecule has 1 unspecified atom stereocenters. The molecule has 0 saturated carbocycles. The van der Waals surface area contributed by atoms with E-state index in [9.17, 15) is 9.59 Å². The van der Waals surface area contributed by atoms with E-state index >= 15 is 0 Å². The minimum Gasteiger partial charge on any atom is -0.445 e. The molecular weight excluding hydrogens is 304 g/mol. The van der Waals surface area contributed by atoms with Gasteiger partial charge < -0.3 is 10.1 Å². The zero-order valence-corrected chi connectivity index (χ0v) is 13.4. The maximum atomic E-state index is 12.7. The Hall–Kier alpha value is -3.13. The lowest BCUT2D eigenvalue weighted by atomic mass is 9.88. The number of nitriles is 1. The number of cyclic esters (lactones) is 1. The molecule has 0 radical (unpaired) electrons. The third-order valence-corrected chi connectivity index (χ3v) is 4.10. The number of hydrogen-bond donors (Lipinski definition) is 1. The molecule has 1 N–H and O–H groups in total. The highest BCUT2D eigenvalue weighted by molar-refractivity contribution is 6.03. The summed E-state index contributed by atoms with van der Waals surface area (Å²) in [4.78, 5) is 24.9. The van der Waals surface area contributed by atoms with Crippen LogP contribution >= 0.6 is 0 Å². The molecule has 0 spiro atoms. The lowest BCUT2D eigenvalue weighted by Crippen LogP contribution is -2.49. The second-order valence-electron chi connectivity index (χ2n) is 6.07. The summed E-state index contributed by atoms with van der Waals surface area (Å²) in [5.74, 6) is -0.965. The summed E-state index contributed by atoms with van der Waals surface area (Å²) in [6.45, 7) is 3.52. The highest BCUT2D eigenvalue weighted by Gasteiger charge is 2.42. The minimum absolute atomic E-state index is 0.288. The Kier molecular flexibility index (Phi) is 3.82. The van der Waals surface area contributed by atoms with E-state index in [1.54, 1.807) is 37.3 Å². The summed E-state index contributed by atoms with van der Waals surface area (Å²) >= 11 is 0. The number of anilines is 1. The van der Waals surface area contributed by atoms with Crippen molar-refractivity contribution in [2.24, 2.45) is 0 Å². The molecule has 5 nitrogen and oxygen atoms in total. The Morgan fingerprint density at radius 1 is 1.29 bits per heavy atom. The first kappa shape index (κ1) is 15.8. The summed E-state index contributed by atoms with van der Waals surface area (Å²) in [6.07, 6.45) is 0.288. The highest BCUT2D eigenvalue weighted by atomic mass is 16.6. The highest BCUT2D eigenvalue weighted by Crippen LogP contribution is 2.30. The van der Waals surface area contributed by atoms with Crippen LogP contribution in [-0.4, -0.2) is 17.5 Å². The average molecular weight is 320 g/mol. The van der Waals surface area contributed by atoms with Gasteiger partial charge in [0.2, 0.25) is 0 Å². The van der Waals surface area contributed by atoms with Gasteiger partial charge in [-0.1, -0.05) is 29.8 Å². The van der Waals surface area contributed by atoms with Crippen molar-refractivity contribution in [3.63, 3.8) is 0 Å². The van der Waals surface area contributed by atoms with E-state index in [0.29, 0.717) is 16.8 Å². The van der Waals surface area contributed by atoms with Gasteiger partial charge in [-0.15, -0.1) is 0 Å². The van der Waals surface area contributed by atoms with Crippen LogP contribution in [-0.2, 0) is 16.0 Å². The summed E-state index contributed by atoms with van der Waals surface area (Å²) < 4.78 is 5.41. The van der Waals surface area contributed by atoms with Crippen LogP contribution in [0.3, 0.4) is 0 Å². The summed E-state index contributed by atoms with van der Waals surface area (Å²) in [5, 5.41) is 11.8. The van der Waals surface area contributed by atoms with Gasteiger partial charge in [-0.25, -0.2) is 4.79 Å². The van der Waals surface area contributed by atoms with Gasteiger partial charge >= 0.3 is 5.97 Å². The number of aryl methyl sites for hydroxylation is 1. The molecule has 0 fully saturated rings. The van der Waals surface area contributed by atoms with E-state index in [2.05, 4.69) is 5.32 Å². The van der Waals surface area contributed by atoms with Crippen molar-refractivity contribution in [3.8, 4) is 6.07 Å². The smallest absolute Gasteiger partial charge is 0.339 e. The third-order valence-electron chi connectivity index (χ3n) is 4.10. The fraction of sp³-hybridized carbons (Fsp3) is 0.211. The largest absolute Gasteiger partial charge is 0.445 e. The molecule has 5 heteroatoms. The van der Waals surface area contributed by atoms with Crippen LogP contribution in [0.25, 0.3) is 0 Å². The van der Waals surface area contributed by atoms with E-state index in [0.717, 1.165) is 11.1 Å². The second-order valence-corrected chi connectivity index (χ2v) is 6.07. The predicted octanol–water partition coefficient (Wildman–Crippen LogP) is 2.98. The molecular formula is C19H16N2O3. The molecule has 0 aromatic heterocycles. The standard InChI is InChI=1S/C19H16N2O3/c1-12-7-8-15-14(9-12)10-19(2,24-17(15)22)18(23)21-16-6-4-3-5-13(16)11-20/h3-9H,10H2,1-2H3,(H,21,23). The number of carbonyl (C=O) groups excluding carboxylic acids is 2. The zero-order valence-electron chi connectivity index (χ0n) is 13.4. The van der Waals surface area contributed by atoms with Gasteiger partial charge in [0.05, 0.1) is 16.8 Å². The molecule has 3 rings (SSSR count). The number of benzene rings is 2. The SMILES string of the molecule is Cc1ccc2c(c1)CC(C)(C(=O)Nc1ccccc1C#N)OC2=O. The molecule has 1 aliphatic rings. The number of fused-ring (bicyclic) bond motifs is 1. The Balaban J connectivity index is 1.90. The topological polar surface area (TPSA) is 79.2 Å². The second kappa shape index (κ2) is 5.82. The number of hydrogen-bond acceptors (Lipinski definition) is 4. The van der Waals surface area contributed by atoms with Gasteiger partial charge in [0.1, 0.15) is 6.07 Å². The molecule has 24 heavy (non-hydrogen) atoms. The minimum atomic E-state index is -1.32. The first-order valence-electron chi connectivity index (χ1n) is 7.56. The number of nitrogens with zero attached hydrogens (tertiary/aromatic N) is 1. The van der Waals surface area contributed by atoms with Crippen LogP contribution in [0.2, 0.25) is 0 Å². The van der Waals surface area contributed by atoms with Gasteiger partial charge in [-0.3, -0.25) is 4.79 Å². The molecule has 0 bridgehead atoms. The fourth-order valence-electron chi connectivity index (χ4n) is 2.80. The van der Waals surface area contributed by atoms with Crippen LogP contribution in [0.4, 0.5) is 5.69 Å². The van der Waals surface area contributed by atoms with Gasteiger partial charge in [0.25, 0.3) is 5.91 Å². The van der Waals surface area contributed by atoms with E-state index in [4.69, 9.17) is 10.00 Å². The Bertz CT molecular complexity index is 882. The first-order valence-corrected chi connectivity index (χ1v) is 7.56. The maximum Gasteiger partial charge on any atom is 0.339 e. The Morgan fingerprint density at radius 3 is 2.79 bits per heavy atom. The predicted molar refractivity (Wildman–Crippen MR) is 88.5 cm³/mol. The van der Waals surface area contributed by atoms with Crippen molar-refractivity contribution in [2.45, 2.75) is 25.9 Å². The van der Waals surface area contributed by atoms with Gasteiger partial charge in [0, 0.05) is 6.42 Å². The molecule has 1 atom stereocenters. The number of para-hydroxylation sites is 1. The van der Waals surface area contributed by atoms with Crippen molar-refractivity contribution >= 4 is 17.6 Å². The maximum absolute atomic E-state index is 12.7. The van der Waals surface area contributed by atoms with Crippen molar-refractivity contribution in [2.75, 3.05) is 5.32 Å². The van der Waals surface area contributed by atoms with Crippen LogP contribution in [0.1, 0.15) is 34.0 Å². The van der Waals surface area contributed by atoms with Crippen LogP contribution in [0.5, 0.6) is 0 Å². The van der Waals surface area contributed by atoms with E-state index in [1.807, 2.05) is 25.1 Å². The zero-order chi connectivity index (χ0) is 17.3. The quantitative estimate of drug-likeness (QED) is 0.863. The van der Waals surface area contributed by atoms with Gasteiger partial charge in [-0.05, 0) is 37.6 Å². The normalized spacial score (nSPS) is 19.0. The molecule has 0 saturated heterocycles. The van der Waals surface area contributed by atoms with Gasteiger partial charge in [-0.2, -0.15) is 5.26 Å². The Labute approximate surface area is 139 Å². The first-order chi connectivity index (χ1) is 11.4. The third kappa shape index (κ3) is 2.74. The van der Waals surface area contributed by atoms with Crippen LogP contribution < -0.4 is 5.32 Å². The fourth-order valence-corrected chi connectivity index (χ4v) is 2.80. The summed E-state index contributed by atoms with van der Waals surface area (Å²) in [5.41, 5.74) is 1.73. The Morgan fingerprint density at radius 2 is 2.04 bits per heavy atom.